The number of rotatable bonds is 1. The zero-order valence-corrected chi connectivity index (χ0v) is 12.3. The minimum Gasteiger partial charge on any atom is -0.333 e. The van der Waals surface area contributed by atoms with Crippen LogP contribution in [-0.4, -0.2) is 36.0 Å². The van der Waals surface area contributed by atoms with E-state index in [2.05, 4.69) is 41.8 Å². The number of amides is 1. The van der Waals surface area contributed by atoms with Crippen molar-refractivity contribution in [3.8, 4) is 0 Å². The minimum atomic E-state index is 0.167. The van der Waals surface area contributed by atoms with Gasteiger partial charge in [-0.1, -0.05) is 0 Å². The molecule has 0 spiro atoms. The molecule has 88 valence electrons. The first-order valence-corrected chi connectivity index (χ1v) is 7.34. The number of nitrogens with zero attached hydrogens (tertiary/aromatic N) is 1. The second-order valence-corrected chi connectivity index (χ2v) is 6.93. The van der Waals surface area contributed by atoms with Crippen LogP contribution in [0.3, 0.4) is 0 Å². The van der Waals surface area contributed by atoms with E-state index in [1.165, 1.54) is 0 Å². The van der Waals surface area contributed by atoms with Crippen molar-refractivity contribution in [1.82, 2.24) is 10.2 Å². The summed E-state index contributed by atoms with van der Waals surface area (Å²) in [5.41, 5.74) is 0.829. The highest BCUT2D eigenvalue weighted by molar-refractivity contribution is 14.1. The molecule has 0 aliphatic carbocycles. The van der Waals surface area contributed by atoms with E-state index in [0.717, 1.165) is 21.5 Å². The monoisotopic (exact) mass is 350 g/mol. The average molecular weight is 350 g/mol. The molecular weight excluding hydrogens is 335 g/mol. The van der Waals surface area contributed by atoms with Crippen molar-refractivity contribution in [3.05, 3.63) is 19.9 Å². The van der Waals surface area contributed by atoms with E-state index in [9.17, 15) is 4.79 Å². The van der Waals surface area contributed by atoms with Crippen LogP contribution in [0.1, 0.15) is 24.2 Å². The molecule has 0 bridgehead atoms. The highest BCUT2D eigenvalue weighted by atomic mass is 127. The standard InChI is InChI=1S/C11H15IN2OS/c1-7-8(2)14(4-3-13-7)11(15)9-5-10(12)16-6-9/h5-8,13H,3-4H2,1-2H3. The Balaban J connectivity index is 2.15. The smallest absolute Gasteiger partial charge is 0.255 e. The number of hydrogen-bond acceptors (Lipinski definition) is 3. The first-order valence-electron chi connectivity index (χ1n) is 5.38. The van der Waals surface area contributed by atoms with Crippen LogP contribution >= 0.6 is 33.9 Å². The molecule has 0 aromatic carbocycles. The van der Waals surface area contributed by atoms with Gasteiger partial charge in [-0.25, -0.2) is 0 Å². The summed E-state index contributed by atoms with van der Waals surface area (Å²) < 4.78 is 1.16. The predicted octanol–water partition coefficient (Wildman–Crippen LogP) is 2.18. The van der Waals surface area contributed by atoms with Gasteiger partial charge in [0.25, 0.3) is 5.91 Å². The summed E-state index contributed by atoms with van der Waals surface area (Å²) in [6.45, 7) is 5.92. The molecule has 0 radical (unpaired) electrons. The SMILES string of the molecule is CC1NCCN(C(=O)c2csc(I)c2)C1C. The molecule has 1 aromatic rings. The Hall–Kier alpha value is -0.140. The van der Waals surface area contributed by atoms with Crippen molar-refractivity contribution in [2.24, 2.45) is 0 Å². The van der Waals surface area contributed by atoms with Gasteiger partial charge >= 0.3 is 0 Å². The predicted molar refractivity (Wildman–Crippen MR) is 75.0 cm³/mol. The van der Waals surface area contributed by atoms with E-state index in [0.29, 0.717) is 6.04 Å². The lowest BCUT2D eigenvalue weighted by Gasteiger charge is -2.38. The van der Waals surface area contributed by atoms with Crippen molar-refractivity contribution >= 4 is 39.8 Å². The van der Waals surface area contributed by atoms with Crippen molar-refractivity contribution in [2.45, 2.75) is 25.9 Å². The van der Waals surface area contributed by atoms with Crippen LogP contribution in [0.2, 0.25) is 0 Å². The van der Waals surface area contributed by atoms with Crippen LogP contribution in [0.5, 0.6) is 0 Å². The van der Waals surface area contributed by atoms with Gasteiger partial charge < -0.3 is 10.2 Å². The summed E-state index contributed by atoms with van der Waals surface area (Å²) in [5.74, 6) is 0.167. The molecule has 5 heteroatoms. The summed E-state index contributed by atoms with van der Waals surface area (Å²) in [5, 5.41) is 5.33. The summed E-state index contributed by atoms with van der Waals surface area (Å²) in [4.78, 5) is 14.2. The van der Waals surface area contributed by atoms with Gasteiger partial charge in [-0.15, -0.1) is 11.3 Å². The normalized spacial score (nSPS) is 25.8. The zero-order valence-electron chi connectivity index (χ0n) is 9.37. The molecule has 3 nitrogen and oxygen atoms in total. The van der Waals surface area contributed by atoms with Gasteiger partial charge in [-0.3, -0.25) is 4.79 Å². The van der Waals surface area contributed by atoms with E-state index >= 15 is 0 Å². The minimum absolute atomic E-state index is 0.167. The quantitative estimate of drug-likeness (QED) is 0.788. The highest BCUT2D eigenvalue weighted by Gasteiger charge is 2.28. The first kappa shape index (κ1) is 12.3. The lowest BCUT2D eigenvalue weighted by atomic mass is 10.1. The first-order chi connectivity index (χ1) is 7.59. The number of hydrogen-bond donors (Lipinski definition) is 1. The summed E-state index contributed by atoms with van der Waals surface area (Å²) in [6, 6.07) is 2.60. The topological polar surface area (TPSA) is 32.3 Å². The molecule has 1 aromatic heterocycles. The number of nitrogens with one attached hydrogen (secondary N) is 1. The Morgan fingerprint density at radius 1 is 1.62 bits per heavy atom. The average Bonchev–Trinajstić information content (AvgIpc) is 2.68. The molecule has 2 heterocycles. The van der Waals surface area contributed by atoms with Gasteiger partial charge in [-0.2, -0.15) is 0 Å². The molecule has 1 fully saturated rings. The Kier molecular flexibility index (Phi) is 3.86. The summed E-state index contributed by atoms with van der Waals surface area (Å²) in [7, 11) is 0. The molecule has 2 atom stereocenters. The number of thiophene rings is 1. The third-order valence-electron chi connectivity index (χ3n) is 3.11. The molecule has 1 N–H and O–H groups in total. The second kappa shape index (κ2) is 5.01. The number of carbonyl (C=O) groups excluding carboxylic acids is 1. The van der Waals surface area contributed by atoms with Crippen molar-refractivity contribution in [3.63, 3.8) is 0 Å². The third kappa shape index (κ3) is 2.41. The Morgan fingerprint density at radius 2 is 2.38 bits per heavy atom. The fraction of sp³-hybridized carbons (Fsp3) is 0.545. The van der Waals surface area contributed by atoms with Crippen LogP contribution in [0, 0.1) is 2.88 Å². The number of carbonyl (C=O) groups is 1. The van der Waals surface area contributed by atoms with Crippen molar-refractivity contribution < 1.29 is 4.79 Å². The van der Waals surface area contributed by atoms with Crippen LogP contribution < -0.4 is 5.32 Å². The fourth-order valence-electron chi connectivity index (χ4n) is 1.93. The van der Waals surface area contributed by atoms with Crippen LogP contribution in [0.25, 0.3) is 0 Å². The largest absolute Gasteiger partial charge is 0.333 e. The molecule has 1 saturated heterocycles. The molecule has 1 aliphatic heterocycles. The van der Waals surface area contributed by atoms with E-state index in [4.69, 9.17) is 0 Å². The van der Waals surface area contributed by atoms with Crippen molar-refractivity contribution in [2.75, 3.05) is 13.1 Å². The zero-order chi connectivity index (χ0) is 11.7. The van der Waals surface area contributed by atoms with Crippen LogP contribution in [0.15, 0.2) is 11.4 Å². The number of piperazine rings is 1. The van der Waals surface area contributed by atoms with Gasteiger partial charge in [0.15, 0.2) is 0 Å². The van der Waals surface area contributed by atoms with Gasteiger partial charge in [-0.05, 0) is 42.5 Å². The van der Waals surface area contributed by atoms with Gasteiger partial charge in [0, 0.05) is 30.6 Å². The van der Waals surface area contributed by atoms with Crippen molar-refractivity contribution in [1.29, 1.82) is 0 Å². The van der Waals surface area contributed by atoms with Crippen LogP contribution in [-0.2, 0) is 0 Å². The molecule has 16 heavy (non-hydrogen) atoms. The fourth-order valence-corrected chi connectivity index (χ4v) is 3.25. The molecule has 0 saturated carbocycles. The van der Waals surface area contributed by atoms with Gasteiger partial charge in [0.2, 0.25) is 0 Å². The summed E-state index contributed by atoms with van der Waals surface area (Å²) >= 11 is 3.87. The highest BCUT2D eigenvalue weighted by Crippen LogP contribution is 2.20. The lowest BCUT2D eigenvalue weighted by Crippen LogP contribution is -2.57. The van der Waals surface area contributed by atoms with E-state index in [1.807, 2.05) is 16.3 Å². The van der Waals surface area contributed by atoms with Crippen LogP contribution in [0.4, 0.5) is 0 Å². The Labute approximate surface area is 113 Å². The van der Waals surface area contributed by atoms with E-state index < -0.39 is 0 Å². The maximum atomic E-state index is 12.3. The Morgan fingerprint density at radius 3 is 3.00 bits per heavy atom. The number of halogens is 1. The van der Waals surface area contributed by atoms with E-state index in [1.54, 1.807) is 11.3 Å². The molecular formula is C11H15IN2OS. The molecule has 2 unspecified atom stereocenters. The summed E-state index contributed by atoms with van der Waals surface area (Å²) in [6.07, 6.45) is 0. The molecule has 2 rings (SSSR count). The Bertz CT molecular complexity index is 393. The second-order valence-electron chi connectivity index (χ2n) is 4.12. The maximum Gasteiger partial charge on any atom is 0.255 e. The maximum absolute atomic E-state index is 12.3. The molecule has 1 aliphatic rings. The third-order valence-corrected chi connectivity index (χ3v) is 4.90. The van der Waals surface area contributed by atoms with E-state index in [-0.39, 0.29) is 11.9 Å². The van der Waals surface area contributed by atoms with Gasteiger partial charge in [0.05, 0.1) is 8.45 Å². The molecule has 1 amide bonds. The van der Waals surface area contributed by atoms with Gasteiger partial charge in [0.1, 0.15) is 0 Å². The lowest BCUT2D eigenvalue weighted by molar-refractivity contribution is 0.0603.